The van der Waals surface area contributed by atoms with E-state index in [-0.39, 0.29) is 11.7 Å². The maximum Gasteiger partial charge on any atom is 0.410 e. The Bertz CT molecular complexity index is 899. The number of aromatic nitrogens is 2. The van der Waals surface area contributed by atoms with Gasteiger partial charge in [-0.25, -0.2) is 9.59 Å². The molecule has 1 fully saturated rings. The van der Waals surface area contributed by atoms with Crippen molar-refractivity contribution in [3.63, 3.8) is 0 Å². The zero-order chi connectivity index (χ0) is 22.6. The second kappa shape index (κ2) is 9.43. The average molecular weight is 427 g/mol. The molecule has 0 saturated carbocycles. The van der Waals surface area contributed by atoms with Crippen molar-refractivity contribution in [1.29, 1.82) is 0 Å². The molecule has 1 N–H and O–H groups in total. The quantitative estimate of drug-likeness (QED) is 0.779. The number of nitrogens with zero attached hydrogens (tertiary/aromatic N) is 4. The van der Waals surface area contributed by atoms with Crippen molar-refractivity contribution < 1.29 is 19.4 Å². The van der Waals surface area contributed by atoms with Crippen molar-refractivity contribution in [2.45, 2.75) is 51.8 Å². The molecule has 1 aromatic carbocycles. The van der Waals surface area contributed by atoms with Gasteiger partial charge in [0.15, 0.2) is 0 Å². The number of hydrogen-bond donors (Lipinski definition) is 1. The molecule has 1 aliphatic rings. The fourth-order valence-electron chi connectivity index (χ4n) is 3.57. The number of carboxylic acids is 1. The number of ether oxygens (including phenoxy) is 1. The first-order chi connectivity index (χ1) is 14.6. The van der Waals surface area contributed by atoms with Crippen LogP contribution in [0.5, 0.6) is 0 Å². The molecule has 0 aliphatic carbocycles. The molecule has 1 aliphatic heterocycles. The highest BCUT2D eigenvalue weighted by molar-refractivity contribution is 5.88. The summed E-state index contributed by atoms with van der Waals surface area (Å²) in [5, 5.41) is 9.00. The lowest BCUT2D eigenvalue weighted by Gasteiger charge is -2.37. The van der Waals surface area contributed by atoms with Crippen LogP contribution in [0.3, 0.4) is 0 Å². The molecule has 31 heavy (non-hydrogen) atoms. The predicted octanol–water partition coefficient (Wildman–Crippen LogP) is 3.67. The van der Waals surface area contributed by atoms with Crippen LogP contribution in [0.25, 0.3) is 11.3 Å². The number of hydrogen-bond acceptors (Lipinski definition) is 6. The minimum Gasteiger partial charge on any atom is -0.478 e. The predicted molar refractivity (Wildman–Crippen MR) is 117 cm³/mol. The van der Waals surface area contributed by atoms with Crippen molar-refractivity contribution >= 4 is 12.1 Å². The maximum absolute atomic E-state index is 12.2. The molecule has 1 aromatic heterocycles. The van der Waals surface area contributed by atoms with Crippen molar-refractivity contribution in [2.75, 3.05) is 20.1 Å². The second-order valence-electron chi connectivity index (χ2n) is 8.89. The third kappa shape index (κ3) is 6.24. The van der Waals surface area contributed by atoms with Crippen LogP contribution in [0.4, 0.5) is 4.79 Å². The Kier molecular flexibility index (Phi) is 6.90. The largest absolute Gasteiger partial charge is 0.478 e. The third-order valence-corrected chi connectivity index (χ3v) is 5.28. The van der Waals surface area contributed by atoms with Crippen LogP contribution in [0, 0.1) is 0 Å². The first-order valence-electron chi connectivity index (χ1n) is 10.5. The Balaban J connectivity index is 1.52. The summed E-state index contributed by atoms with van der Waals surface area (Å²) in [6.45, 7) is 7.67. The van der Waals surface area contributed by atoms with Gasteiger partial charge in [-0.2, -0.15) is 0 Å². The third-order valence-electron chi connectivity index (χ3n) is 5.28. The number of carbonyl (C=O) groups is 2. The topological polar surface area (TPSA) is 95.9 Å². The first-order valence-corrected chi connectivity index (χ1v) is 10.5. The van der Waals surface area contributed by atoms with Gasteiger partial charge in [-0.15, -0.1) is 0 Å². The van der Waals surface area contributed by atoms with Crippen molar-refractivity contribution in [1.82, 2.24) is 19.8 Å². The molecule has 2 heterocycles. The van der Waals surface area contributed by atoms with E-state index in [4.69, 9.17) is 9.84 Å². The first kappa shape index (κ1) is 22.7. The molecule has 2 aromatic rings. The van der Waals surface area contributed by atoms with Gasteiger partial charge in [0.1, 0.15) is 5.60 Å². The van der Waals surface area contributed by atoms with E-state index in [0.29, 0.717) is 31.4 Å². The standard InChI is InChI=1S/C23H30N4O4/c1-23(2,3)31-22(30)27-11-9-19(10-12-27)26(4)15-18-13-25-20(14-24-18)16-5-7-17(8-6-16)21(28)29/h5-8,13-14,19H,9-12,15H2,1-4H3,(H,28,29). The molecule has 0 atom stereocenters. The molecule has 8 nitrogen and oxygen atoms in total. The van der Waals surface area contributed by atoms with Gasteiger partial charge in [0, 0.05) is 31.2 Å². The number of amides is 1. The lowest BCUT2D eigenvalue weighted by molar-refractivity contribution is 0.0152. The van der Waals surface area contributed by atoms with E-state index in [1.165, 1.54) is 0 Å². The Morgan fingerprint density at radius 3 is 2.29 bits per heavy atom. The van der Waals surface area contributed by atoms with Gasteiger partial charge >= 0.3 is 12.1 Å². The molecule has 1 saturated heterocycles. The highest BCUT2D eigenvalue weighted by atomic mass is 16.6. The lowest BCUT2D eigenvalue weighted by Crippen LogP contribution is -2.46. The zero-order valence-electron chi connectivity index (χ0n) is 18.5. The van der Waals surface area contributed by atoms with E-state index in [1.54, 1.807) is 41.6 Å². The van der Waals surface area contributed by atoms with E-state index in [1.807, 2.05) is 20.8 Å². The van der Waals surface area contributed by atoms with Gasteiger partial charge in [0.05, 0.1) is 29.3 Å². The van der Waals surface area contributed by atoms with Gasteiger partial charge in [0.25, 0.3) is 0 Å². The van der Waals surface area contributed by atoms with Crippen LogP contribution in [-0.4, -0.2) is 68.7 Å². The summed E-state index contributed by atoms with van der Waals surface area (Å²) in [6.07, 6.45) is 5.00. The molecule has 8 heteroatoms. The van der Waals surface area contributed by atoms with Gasteiger partial charge in [-0.05, 0) is 52.8 Å². The average Bonchev–Trinajstić information content (AvgIpc) is 2.73. The summed E-state index contributed by atoms with van der Waals surface area (Å²) in [7, 11) is 2.06. The molecular weight excluding hydrogens is 396 g/mol. The van der Waals surface area contributed by atoms with Gasteiger partial charge in [-0.1, -0.05) is 12.1 Å². The highest BCUT2D eigenvalue weighted by Crippen LogP contribution is 2.20. The lowest BCUT2D eigenvalue weighted by atomic mass is 10.0. The van der Waals surface area contributed by atoms with Gasteiger partial charge < -0.3 is 14.7 Å². The number of carboxylic acid groups (broad SMARTS) is 1. The van der Waals surface area contributed by atoms with E-state index >= 15 is 0 Å². The summed E-state index contributed by atoms with van der Waals surface area (Å²) >= 11 is 0. The monoisotopic (exact) mass is 426 g/mol. The van der Waals surface area contributed by atoms with Crippen molar-refractivity contribution in [2.24, 2.45) is 0 Å². The fourth-order valence-corrected chi connectivity index (χ4v) is 3.57. The van der Waals surface area contributed by atoms with Crippen LogP contribution in [-0.2, 0) is 11.3 Å². The van der Waals surface area contributed by atoms with Crippen LogP contribution in [0.1, 0.15) is 49.7 Å². The van der Waals surface area contributed by atoms with Crippen LogP contribution in [0.2, 0.25) is 0 Å². The fraction of sp³-hybridized carbons (Fsp3) is 0.478. The van der Waals surface area contributed by atoms with Crippen LogP contribution in [0.15, 0.2) is 36.7 Å². The molecule has 0 radical (unpaired) electrons. The molecular formula is C23H30N4O4. The molecule has 0 spiro atoms. The summed E-state index contributed by atoms with van der Waals surface area (Å²) in [4.78, 5) is 36.2. The summed E-state index contributed by atoms with van der Waals surface area (Å²) in [6, 6.07) is 6.95. The molecule has 0 unspecified atom stereocenters. The molecule has 1 amide bonds. The second-order valence-corrected chi connectivity index (χ2v) is 8.89. The maximum atomic E-state index is 12.2. The van der Waals surface area contributed by atoms with E-state index in [0.717, 1.165) is 24.1 Å². The van der Waals surface area contributed by atoms with Crippen LogP contribution >= 0.6 is 0 Å². The summed E-state index contributed by atoms with van der Waals surface area (Å²) in [5.74, 6) is -0.951. The number of piperidine rings is 1. The molecule has 0 bridgehead atoms. The molecule has 3 rings (SSSR count). The van der Waals surface area contributed by atoms with E-state index in [9.17, 15) is 9.59 Å². The number of aromatic carboxylic acids is 1. The minimum absolute atomic E-state index is 0.243. The normalized spacial score (nSPS) is 15.2. The Labute approximate surface area is 182 Å². The van der Waals surface area contributed by atoms with E-state index in [2.05, 4.69) is 21.9 Å². The number of rotatable bonds is 5. The number of likely N-dealkylation sites (tertiary alicyclic amines) is 1. The highest BCUT2D eigenvalue weighted by Gasteiger charge is 2.28. The molecule has 166 valence electrons. The number of carbonyl (C=O) groups excluding carboxylic acids is 1. The van der Waals surface area contributed by atoms with E-state index < -0.39 is 11.6 Å². The Hall–Kier alpha value is -3.00. The smallest absolute Gasteiger partial charge is 0.410 e. The van der Waals surface area contributed by atoms with Crippen molar-refractivity contribution in [3.8, 4) is 11.3 Å². The summed E-state index contributed by atoms with van der Waals surface area (Å²) < 4.78 is 5.46. The summed E-state index contributed by atoms with van der Waals surface area (Å²) in [5.41, 5.74) is 2.16. The zero-order valence-corrected chi connectivity index (χ0v) is 18.5. The minimum atomic E-state index is -0.951. The number of benzene rings is 1. The van der Waals surface area contributed by atoms with Gasteiger partial charge in [0.2, 0.25) is 0 Å². The Morgan fingerprint density at radius 2 is 1.77 bits per heavy atom. The SMILES string of the molecule is CN(Cc1cnc(-c2ccc(C(=O)O)cc2)cn1)C1CCN(C(=O)OC(C)(C)C)CC1. The van der Waals surface area contributed by atoms with Gasteiger partial charge in [-0.3, -0.25) is 14.9 Å². The Morgan fingerprint density at radius 1 is 1.13 bits per heavy atom. The van der Waals surface area contributed by atoms with Crippen LogP contribution < -0.4 is 0 Å². The van der Waals surface area contributed by atoms with Crippen molar-refractivity contribution in [3.05, 3.63) is 47.9 Å².